The number of alkyl halides is 1. The lowest BCUT2D eigenvalue weighted by Crippen LogP contribution is -2.49. The lowest BCUT2D eigenvalue weighted by Gasteiger charge is -2.41. The summed E-state index contributed by atoms with van der Waals surface area (Å²) in [7, 11) is -1.86. The summed E-state index contributed by atoms with van der Waals surface area (Å²) in [4.78, 5) is 11.9. The Labute approximate surface area is 127 Å². The number of rotatable bonds is 2. The predicted molar refractivity (Wildman–Crippen MR) is 82.0 cm³/mol. The molecule has 0 heterocycles. The molecule has 3 saturated carbocycles. The van der Waals surface area contributed by atoms with Crippen molar-refractivity contribution in [2.45, 2.75) is 43.8 Å². The van der Waals surface area contributed by atoms with Crippen LogP contribution in [-0.4, -0.2) is 19.2 Å². The first-order valence-electron chi connectivity index (χ1n) is 7.90. The maximum atomic E-state index is 12.6. The van der Waals surface area contributed by atoms with Crippen LogP contribution in [0, 0.1) is 35.5 Å². The molecule has 4 aliphatic carbocycles. The van der Waals surface area contributed by atoms with Gasteiger partial charge in [0.2, 0.25) is 8.32 Å². The summed E-state index contributed by atoms with van der Waals surface area (Å²) < 4.78 is 5.76. The smallest absolute Gasteiger partial charge is 0.314 e. The van der Waals surface area contributed by atoms with Crippen molar-refractivity contribution >= 4 is 25.9 Å². The monoisotopic (exact) mass is 310 g/mol. The molecule has 0 aromatic carbocycles. The van der Waals surface area contributed by atoms with Gasteiger partial charge in [-0.1, -0.05) is 12.2 Å². The second-order valence-electron chi connectivity index (χ2n) is 8.27. The van der Waals surface area contributed by atoms with Crippen molar-refractivity contribution in [3.63, 3.8) is 0 Å². The van der Waals surface area contributed by atoms with Gasteiger partial charge in [-0.2, -0.15) is 0 Å². The van der Waals surface area contributed by atoms with Gasteiger partial charge in [0.1, 0.15) is 4.87 Å². The molecule has 20 heavy (non-hydrogen) atoms. The normalized spacial score (nSPS) is 51.6. The zero-order valence-electron chi connectivity index (χ0n) is 12.4. The highest BCUT2D eigenvalue weighted by molar-refractivity contribution is 6.71. The molecule has 4 aliphatic rings. The second-order valence-corrected chi connectivity index (χ2v) is 13.4. The van der Waals surface area contributed by atoms with Crippen LogP contribution in [0.15, 0.2) is 12.2 Å². The molecule has 4 rings (SSSR count). The van der Waals surface area contributed by atoms with Crippen LogP contribution >= 0.6 is 11.6 Å². The maximum Gasteiger partial charge on any atom is 0.314 e. The first-order valence-corrected chi connectivity index (χ1v) is 11.7. The van der Waals surface area contributed by atoms with E-state index in [0.29, 0.717) is 23.7 Å². The van der Waals surface area contributed by atoms with Crippen LogP contribution in [0.1, 0.15) is 19.3 Å². The summed E-state index contributed by atoms with van der Waals surface area (Å²) in [5.41, 5.74) is 0. The molecule has 0 aromatic rings. The number of hydrogen-bond donors (Lipinski definition) is 0. The molecule has 2 nitrogen and oxygen atoms in total. The third kappa shape index (κ3) is 1.65. The van der Waals surface area contributed by atoms with Crippen LogP contribution in [-0.2, 0) is 9.22 Å². The summed E-state index contributed by atoms with van der Waals surface area (Å²) in [6.45, 7) is 6.17. The first-order chi connectivity index (χ1) is 9.29. The molecule has 0 aromatic heterocycles. The Balaban J connectivity index is 1.61. The Bertz CT molecular complexity index is 497. The molecule has 0 aliphatic heterocycles. The van der Waals surface area contributed by atoms with E-state index < -0.39 is 13.2 Å². The lowest BCUT2D eigenvalue weighted by molar-refractivity contribution is -0.140. The van der Waals surface area contributed by atoms with Crippen molar-refractivity contribution in [1.29, 1.82) is 0 Å². The van der Waals surface area contributed by atoms with Gasteiger partial charge in [-0.3, -0.25) is 4.79 Å². The molecule has 0 N–H and O–H groups in total. The Morgan fingerprint density at radius 1 is 1.20 bits per heavy atom. The van der Waals surface area contributed by atoms with Crippen molar-refractivity contribution in [1.82, 2.24) is 0 Å². The van der Waals surface area contributed by atoms with Crippen LogP contribution in [0.25, 0.3) is 0 Å². The van der Waals surface area contributed by atoms with Gasteiger partial charge in [0.15, 0.2) is 0 Å². The minimum atomic E-state index is -1.86. The summed E-state index contributed by atoms with van der Waals surface area (Å²) in [5.74, 6) is 3.79. The minimum absolute atomic E-state index is 0.115. The van der Waals surface area contributed by atoms with Crippen LogP contribution in [0.4, 0.5) is 0 Å². The molecule has 4 heteroatoms. The average molecular weight is 311 g/mol. The summed E-state index contributed by atoms with van der Waals surface area (Å²) in [6.07, 6.45) is 8.10. The fraction of sp³-hybridized carbons (Fsp3) is 0.812. The van der Waals surface area contributed by atoms with E-state index >= 15 is 0 Å². The number of halogens is 1. The molecule has 4 bridgehead atoms. The van der Waals surface area contributed by atoms with Crippen molar-refractivity contribution in [2.75, 3.05) is 0 Å². The summed E-state index contributed by atoms with van der Waals surface area (Å²) in [5, 5.41) is 0. The van der Waals surface area contributed by atoms with E-state index in [1.807, 2.05) is 0 Å². The molecule has 0 radical (unpaired) electrons. The zero-order valence-corrected chi connectivity index (χ0v) is 14.2. The molecule has 0 amide bonds. The predicted octanol–water partition coefficient (Wildman–Crippen LogP) is 3.82. The van der Waals surface area contributed by atoms with Crippen molar-refractivity contribution in [2.24, 2.45) is 35.5 Å². The zero-order chi connectivity index (χ0) is 14.3. The Hall–Kier alpha value is -0.283. The number of carbonyl (C=O) groups is 1. The highest BCUT2D eigenvalue weighted by Gasteiger charge is 2.68. The van der Waals surface area contributed by atoms with Crippen molar-refractivity contribution < 1.29 is 9.22 Å². The fourth-order valence-electron chi connectivity index (χ4n) is 5.61. The Morgan fingerprint density at radius 2 is 1.85 bits per heavy atom. The van der Waals surface area contributed by atoms with Crippen LogP contribution < -0.4 is 0 Å². The Morgan fingerprint density at radius 3 is 2.50 bits per heavy atom. The van der Waals surface area contributed by atoms with Crippen LogP contribution in [0.3, 0.4) is 0 Å². The number of hydrogen-bond acceptors (Lipinski definition) is 2. The molecular formula is C16H23ClO2Si. The van der Waals surface area contributed by atoms with Gasteiger partial charge in [-0.15, -0.1) is 11.6 Å². The van der Waals surface area contributed by atoms with E-state index in [-0.39, 0.29) is 5.97 Å². The van der Waals surface area contributed by atoms with Crippen molar-refractivity contribution in [3.8, 4) is 0 Å². The van der Waals surface area contributed by atoms with Gasteiger partial charge >= 0.3 is 5.97 Å². The molecule has 7 atom stereocenters. The van der Waals surface area contributed by atoms with Gasteiger partial charge in [0.25, 0.3) is 0 Å². The fourth-order valence-corrected chi connectivity index (χ4v) is 6.89. The first kappa shape index (κ1) is 13.4. The molecule has 110 valence electrons. The van der Waals surface area contributed by atoms with E-state index in [1.54, 1.807) is 0 Å². The molecular weight excluding hydrogens is 288 g/mol. The van der Waals surface area contributed by atoms with Gasteiger partial charge in [0.05, 0.1) is 0 Å². The largest absolute Gasteiger partial charge is 0.519 e. The van der Waals surface area contributed by atoms with E-state index in [0.717, 1.165) is 24.7 Å². The molecule has 0 saturated heterocycles. The van der Waals surface area contributed by atoms with E-state index in [1.165, 1.54) is 6.42 Å². The lowest BCUT2D eigenvalue weighted by atomic mass is 9.69. The SMILES string of the molecule is C[Si](C)(C)OC(=O)C1(Cl)CC2CC1C1C3C=CC(C3)C21. The highest BCUT2D eigenvalue weighted by Crippen LogP contribution is 2.69. The quantitative estimate of drug-likeness (QED) is 0.335. The number of fused-ring (bicyclic) bond motifs is 9. The highest BCUT2D eigenvalue weighted by atomic mass is 35.5. The standard InChI is InChI=1S/C16H23ClO2Si/c1-20(2,3)19-15(18)16(17)8-11-7-12(16)14-10-5-4-9(6-10)13(11)14/h4-5,9-14H,6-8H2,1-3H3. The molecule has 3 fully saturated rings. The average Bonchev–Trinajstić information content (AvgIpc) is 3.02. The second kappa shape index (κ2) is 3.92. The van der Waals surface area contributed by atoms with Gasteiger partial charge < -0.3 is 4.43 Å². The van der Waals surface area contributed by atoms with E-state index in [9.17, 15) is 4.79 Å². The van der Waals surface area contributed by atoms with E-state index in [2.05, 4.69) is 31.8 Å². The topological polar surface area (TPSA) is 26.3 Å². The third-order valence-electron chi connectivity index (χ3n) is 6.03. The van der Waals surface area contributed by atoms with Gasteiger partial charge in [-0.25, -0.2) is 0 Å². The van der Waals surface area contributed by atoms with E-state index in [4.69, 9.17) is 16.0 Å². The molecule has 7 unspecified atom stereocenters. The van der Waals surface area contributed by atoms with Crippen LogP contribution in [0.2, 0.25) is 19.6 Å². The Kier molecular flexibility index (Phi) is 2.62. The number of carbonyl (C=O) groups excluding carboxylic acids is 1. The van der Waals surface area contributed by atoms with Gasteiger partial charge in [0, 0.05) is 0 Å². The van der Waals surface area contributed by atoms with Gasteiger partial charge in [-0.05, 0) is 74.4 Å². The summed E-state index contributed by atoms with van der Waals surface area (Å²) in [6, 6.07) is 0. The van der Waals surface area contributed by atoms with Crippen molar-refractivity contribution in [3.05, 3.63) is 12.2 Å². The summed E-state index contributed by atoms with van der Waals surface area (Å²) >= 11 is 6.85. The molecule has 0 spiro atoms. The minimum Gasteiger partial charge on any atom is -0.519 e. The maximum absolute atomic E-state index is 12.6. The third-order valence-corrected chi connectivity index (χ3v) is 7.42. The van der Waals surface area contributed by atoms with Crippen LogP contribution in [0.5, 0.6) is 0 Å². The number of allylic oxidation sites excluding steroid dienone is 2.